The van der Waals surface area contributed by atoms with Crippen LogP contribution in [0.25, 0.3) is 0 Å². The molecule has 0 saturated carbocycles. The molecule has 17 heavy (non-hydrogen) atoms. The molecular formula is C12H12O3S2. The van der Waals surface area contributed by atoms with Crippen LogP contribution in [-0.4, -0.2) is 21.8 Å². The van der Waals surface area contributed by atoms with E-state index in [0.29, 0.717) is 0 Å². The topological polar surface area (TPSA) is 57.5 Å². The third kappa shape index (κ3) is 2.94. The molecule has 0 aromatic carbocycles. The Balaban J connectivity index is 2.17. The fourth-order valence-corrected chi connectivity index (χ4v) is 3.24. The second kappa shape index (κ2) is 5.00. The summed E-state index contributed by atoms with van der Waals surface area (Å²) in [6.07, 6.45) is 0.301. The van der Waals surface area contributed by atoms with Crippen LogP contribution in [-0.2, 0) is 17.6 Å². The van der Waals surface area contributed by atoms with Crippen molar-refractivity contribution in [3.05, 3.63) is 44.8 Å². The van der Waals surface area contributed by atoms with Crippen LogP contribution in [0.15, 0.2) is 35.0 Å². The number of rotatable bonds is 5. The molecule has 2 heterocycles. The second-order valence-electron chi connectivity index (χ2n) is 3.85. The molecule has 90 valence electrons. The molecule has 0 fully saturated rings. The minimum atomic E-state index is -1.71. The van der Waals surface area contributed by atoms with Crippen molar-refractivity contribution in [3.63, 3.8) is 0 Å². The first kappa shape index (κ1) is 12.3. The molecule has 0 spiro atoms. The maximum Gasteiger partial charge on any atom is 0.336 e. The molecule has 0 unspecified atom stereocenters. The zero-order chi connectivity index (χ0) is 12.3. The summed E-state index contributed by atoms with van der Waals surface area (Å²) < 4.78 is 0. The minimum absolute atomic E-state index is 0.151. The predicted molar refractivity (Wildman–Crippen MR) is 68.6 cm³/mol. The van der Waals surface area contributed by atoms with Gasteiger partial charge in [0.2, 0.25) is 0 Å². The molecule has 0 bridgehead atoms. The number of aliphatic hydroxyl groups is 1. The predicted octanol–water partition coefficient (Wildman–Crippen LogP) is 2.41. The van der Waals surface area contributed by atoms with Gasteiger partial charge in [-0.05, 0) is 22.9 Å². The van der Waals surface area contributed by atoms with E-state index in [1.165, 1.54) is 22.7 Å². The van der Waals surface area contributed by atoms with Crippen LogP contribution >= 0.6 is 22.7 Å². The Morgan fingerprint density at radius 1 is 1.12 bits per heavy atom. The van der Waals surface area contributed by atoms with Crippen LogP contribution < -0.4 is 0 Å². The highest BCUT2D eigenvalue weighted by Gasteiger charge is 2.36. The molecule has 0 aliphatic rings. The number of carboxylic acid groups (broad SMARTS) is 1. The van der Waals surface area contributed by atoms with E-state index in [-0.39, 0.29) is 12.8 Å². The summed E-state index contributed by atoms with van der Waals surface area (Å²) in [6.45, 7) is 0. The van der Waals surface area contributed by atoms with Gasteiger partial charge in [0.15, 0.2) is 5.60 Å². The minimum Gasteiger partial charge on any atom is -0.479 e. The maximum atomic E-state index is 11.2. The van der Waals surface area contributed by atoms with E-state index in [4.69, 9.17) is 0 Å². The Kier molecular flexibility index (Phi) is 3.61. The van der Waals surface area contributed by atoms with Crippen LogP contribution in [0.4, 0.5) is 0 Å². The summed E-state index contributed by atoms with van der Waals surface area (Å²) in [6, 6.07) is 7.39. The van der Waals surface area contributed by atoms with Crippen molar-refractivity contribution in [2.24, 2.45) is 0 Å². The molecule has 0 atom stereocenters. The lowest BCUT2D eigenvalue weighted by molar-refractivity contribution is -0.158. The lowest BCUT2D eigenvalue weighted by Crippen LogP contribution is -2.42. The van der Waals surface area contributed by atoms with E-state index in [1.807, 2.05) is 35.0 Å². The van der Waals surface area contributed by atoms with Gasteiger partial charge in [-0.15, -0.1) is 22.7 Å². The molecule has 5 heteroatoms. The zero-order valence-electron chi connectivity index (χ0n) is 9.00. The van der Waals surface area contributed by atoms with Gasteiger partial charge in [-0.25, -0.2) is 4.79 Å². The molecule has 2 N–H and O–H groups in total. The van der Waals surface area contributed by atoms with Gasteiger partial charge in [0, 0.05) is 22.6 Å². The Labute approximate surface area is 107 Å². The van der Waals surface area contributed by atoms with Crippen LogP contribution in [0.3, 0.4) is 0 Å². The summed E-state index contributed by atoms with van der Waals surface area (Å²) in [5, 5.41) is 23.2. The molecule has 2 aromatic heterocycles. The number of hydrogen-bond acceptors (Lipinski definition) is 4. The standard InChI is InChI=1S/C12H12O3S2/c13-11(14)12(15,7-9-3-1-5-16-9)8-10-4-2-6-17-10/h1-6,15H,7-8H2,(H,13,14). The summed E-state index contributed by atoms with van der Waals surface area (Å²) in [4.78, 5) is 13.0. The number of carboxylic acids is 1. The first-order valence-corrected chi connectivity index (χ1v) is 6.87. The van der Waals surface area contributed by atoms with Gasteiger partial charge in [-0.2, -0.15) is 0 Å². The molecule has 0 aliphatic heterocycles. The maximum absolute atomic E-state index is 11.2. The highest BCUT2D eigenvalue weighted by Crippen LogP contribution is 2.24. The largest absolute Gasteiger partial charge is 0.479 e. The number of hydrogen-bond donors (Lipinski definition) is 2. The van der Waals surface area contributed by atoms with E-state index >= 15 is 0 Å². The van der Waals surface area contributed by atoms with E-state index in [2.05, 4.69) is 0 Å². The van der Waals surface area contributed by atoms with Gasteiger partial charge < -0.3 is 10.2 Å². The normalized spacial score (nSPS) is 11.6. The lowest BCUT2D eigenvalue weighted by atomic mass is 9.94. The van der Waals surface area contributed by atoms with Crippen molar-refractivity contribution >= 4 is 28.6 Å². The number of thiophene rings is 2. The Morgan fingerprint density at radius 2 is 1.59 bits per heavy atom. The molecule has 0 saturated heterocycles. The Hall–Kier alpha value is -1.17. The monoisotopic (exact) mass is 268 g/mol. The van der Waals surface area contributed by atoms with Crippen molar-refractivity contribution in [1.82, 2.24) is 0 Å². The highest BCUT2D eigenvalue weighted by molar-refractivity contribution is 7.10. The van der Waals surface area contributed by atoms with Crippen LogP contribution in [0.1, 0.15) is 9.75 Å². The smallest absolute Gasteiger partial charge is 0.336 e. The highest BCUT2D eigenvalue weighted by atomic mass is 32.1. The van der Waals surface area contributed by atoms with Crippen LogP contribution in [0, 0.1) is 0 Å². The van der Waals surface area contributed by atoms with Crippen molar-refractivity contribution in [1.29, 1.82) is 0 Å². The van der Waals surface area contributed by atoms with Crippen LogP contribution in [0.5, 0.6) is 0 Å². The average Bonchev–Trinajstić information content (AvgIpc) is 2.90. The van der Waals surface area contributed by atoms with Crippen molar-refractivity contribution in [2.45, 2.75) is 18.4 Å². The molecule has 2 rings (SSSR count). The van der Waals surface area contributed by atoms with Gasteiger partial charge in [0.25, 0.3) is 0 Å². The number of carbonyl (C=O) groups is 1. The molecular weight excluding hydrogens is 256 g/mol. The summed E-state index contributed by atoms with van der Waals surface area (Å²) in [5.74, 6) is -1.17. The number of aliphatic carboxylic acids is 1. The lowest BCUT2D eigenvalue weighted by Gasteiger charge is -2.22. The van der Waals surface area contributed by atoms with Gasteiger partial charge in [-0.3, -0.25) is 0 Å². The van der Waals surface area contributed by atoms with Gasteiger partial charge in [0.1, 0.15) is 0 Å². The first-order chi connectivity index (χ1) is 8.10. The average molecular weight is 268 g/mol. The summed E-state index contributed by atoms with van der Waals surface area (Å²) in [7, 11) is 0. The first-order valence-electron chi connectivity index (χ1n) is 5.11. The Bertz CT molecular complexity index is 438. The zero-order valence-corrected chi connectivity index (χ0v) is 10.6. The van der Waals surface area contributed by atoms with Crippen molar-refractivity contribution in [2.75, 3.05) is 0 Å². The van der Waals surface area contributed by atoms with E-state index in [0.717, 1.165) is 9.75 Å². The van der Waals surface area contributed by atoms with Crippen molar-refractivity contribution < 1.29 is 15.0 Å². The van der Waals surface area contributed by atoms with Gasteiger partial charge >= 0.3 is 5.97 Å². The molecule has 0 amide bonds. The fourth-order valence-electron chi connectivity index (χ4n) is 1.62. The molecule has 0 radical (unpaired) electrons. The second-order valence-corrected chi connectivity index (χ2v) is 5.91. The fraction of sp³-hybridized carbons (Fsp3) is 0.250. The molecule has 2 aromatic rings. The summed E-state index contributed by atoms with van der Waals surface area (Å²) >= 11 is 2.92. The van der Waals surface area contributed by atoms with E-state index in [1.54, 1.807) is 0 Å². The molecule has 0 aliphatic carbocycles. The third-order valence-electron chi connectivity index (χ3n) is 2.49. The Morgan fingerprint density at radius 3 is 1.88 bits per heavy atom. The SMILES string of the molecule is O=C(O)C(O)(Cc1cccs1)Cc1cccs1. The van der Waals surface area contributed by atoms with Gasteiger partial charge in [0.05, 0.1) is 0 Å². The summed E-state index contributed by atoms with van der Waals surface area (Å²) in [5.41, 5.74) is -1.71. The van der Waals surface area contributed by atoms with Crippen molar-refractivity contribution in [3.8, 4) is 0 Å². The third-order valence-corrected chi connectivity index (χ3v) is 4.24. The quantitative estimate of drug-likeness (QED) is 0.875. The molecule has 3 nitrogen and oxygen atoms in total. The van der Waals surface area contributed by atoms with E-state index in [9.17, 15) is 15.0 Å². The van der Waals surface area contributed by atoms with Gasteiger partial charge in [-0.1, -0.05) is 12.1 Å². The van der Waals surface area contributed by atoms with Crippen LogP contribution in [0.2, 0.25) is 0 Å². The van der Waals surface area contributed by atoms with E-state index < -0.39 is 11.6 Å².